The van der Waals surface area contributed by atoms with E-state index in [0.717, 1.165) is 22.8 Å². The van der Waals surface area contributed by atoms with Gasteiger partial charge in [0.2, 0.25) is 0 Å². The van der Waals surface area contributed by atoms with Crippen LogP contribution in [-0.2, 0) is 11.8 Å². The topological polar surface area (TPSA) is 47.4 Å². The zero-order chi connectivity index (χ0) is 21.7. The van der Waals surface area contributed by atoms with Gasteiger partial charge in [-0.15, -0.1) is 0 Å². The number of hydrogen-bond acceptors (Lipinski definition) is 3. The van der Waals surface area contributed by atoms with Gasteiger partial charge in [0.15, 0.2) is 6.61 Å². The molecule has 2 bridgehead atoms. The third-order valence-electron chi connectivity index (χ3n) is 7.01. The highest BCUT2D eigenvalue weighted by Crippen LogP contribution is 2.58. The van der Waals surface area contributed by atoms with Crippen molar-refractivity contribution in [3.63, 3.8) is 0 Å². The fourth-order valence-corrected chi connectivity index (χ4v) is 5.20. The third-order valence-corrected chi connectivity index (χ3v) is 7.01. The first-order chi connectivity index (χ1) is 14.9. The lowest BCUT2D eigenvalue weighted by Gasteiger charge is -2.23. The Bertz CT molecular complexity index is 1160. The fourth-order valence-electron chi connectivity index (χ4n) is 5.20. The van der Waals surface area contributed by atoms with Crippen molar-refractivity contribution < 1.29 is 9.53 Å². The van der Waals surface area contributed by atoms with Crippen LogP contribution in [-0.4, -0.2) is 41.1 Å². The summed E-state index contributed by atoms with van der Waals surface area (Å²) >= 11 is 0. The normalized spacial score (nSPS) is 18.8. The monoisotopic (exact) mass is 415 g/mol. The van der Waals surface area contributed by atoms with E-state index in [1.54, 1.807) is 19.0 Å². The van der Waals surface area contributed by atoms with Crippen molar-refractivity contribution in [3.05, 3.63) is 59.3 Å². The zero-order valence-corrected chi connectivity index (χ0v) is 18.7. The summed E-state index contributed by atoms with van der Waals surface area (Å²) in [7, 11) is 5.60. The van der Waals surface area contributed by atoms with Crippen LogP contribution in [0.15, 0.2) is 42.5 Å². The summed E-state index contributed by atoms with van der Waals surface area (Å²) in [6.45, 7) is 2.19. The molecule has 0 saturated heterocycles. The Kier molecular flexibility index (Phi) is 4.84. The Balaban J connectivity index is 1.55. The number of benzene rings is 1. The van der Waals surface area contributed by atoms with E-state index in [1.807, 2.05) is 6.07 Å². The van der Waals surface area contributed by atoms with E-state index in [1.165, 1.54) is 41.6 Å². The van der Waals surface area contributed by atoms with Gasteiger partial charge in [0, 0.05) is 38.0 Å². The van der Waals surface area contributed by atoms with Crippen LogP contribution in [0.2, 0.25) is 0 Å². The molecular formula is C26H29N3O2. The molecule has 1 aromatic carbocycles. The Hall–Kier alpha value is -3.08. The minimum atomic E-state index is -0.0202. The minimum Gasteiger partial charge on any atom is -0.483 e. The van der Waals surface area contributed by atoms with Crippen molar-refractivity contribution in [1.82, 2.24) is 14.5 Å². The molecule has 3 aromatic rings. The molecule has 2 aromatic heterocycles. The van der Waals surface area contributed by atoms with E-state index in [4.69, 9.17) is 9.72 Å². The number of carbonyl (C=O) groups excluding carboxylic acids is 1. The van der Waals surface area contributed by atoms with E-state index >= 15 is 0 Å². The number of hydrogen-bond donors (Lipinski definition) is 0. The number of aryl methyl sites for hydroxylation is 1. The number of ether oxygens (including phenoxy) is 1. The molecule has 2 aliphatic carbocycles. The largest absolute Gasteiger partial charge is 0.483 e. The molecule has 1 saturated carbocycles. The molecule has 2 atom stereocenters. The van der Waals surface area contributed by atoms with Gasteiger partial charge in [-0.1, -0.05) is 6.07 Å². The van der Waals surface area contributed by atoms with Gasteiger partial charge in [-0.05, 0) is 80.0 Å². The van der Waals surface area contributed by atoms with Crippen molar-refractivity contribution in [3.8, 4) is 28.4 Å². The highest BCUT2D eigenvalue weighted by atomic mass is 16.5. The summed E-state index contributed by atoms with van der Waals surface area (Å²) < 4.78 is 8.19. The van der Waals surface area contributed by atoms with Crippen LogP contribution in [0.5, 0.6) is 5.75 Å². The number of likely N-dealkylation sites (N-methyl/N-ethyl adjacent to an activating group) is 1. The maximum absolute atomic E-state index is 12.1. The van der Waals surface area contributed by atoms with Gasteiger partial charge in [0.25, 0.3) is 5.91 Å². The van der Waals surface area contributed by atoms with Crippen LogP contribution in [0.3, 0.4) is 0 Å². The van der Waals surface area contributed by atoms with Gasteiger partial charge in [0.1, 0.15) is 5.75 Å². The van der Waals surface area contributed by atoms with E-state index < -0.39 is 0 Å². The first-order valence-electron chi connectivity index (χ1n) is 11.0. The van der Waals surface area contributed by atoms with Crippen molar-refractivity contribution in [2.24, 2.45) is 7.05 Å². The van der Waals surface area contributed by atoms with Crippen LogP contribution < -0.4 is 4.74 Å². The molecule has 1 fully saturated rings. The average Bonchev–Trinajstić information content (AvgIpc) is 3.48. The minimum absolute atomic E-state index is 0.0202. The van der Waals surface area contributed by atoms with Gasteiger partial charge in [-0.25, -0.2) is 4.98 Å². The Morgan fingerprint density at radius 1 is 1.06 bits per heavy atom. The van der Waals surface area contributed by atoms with Crippen LogP contribution in [0.4, 0.5) is 0 Å². The Morgan fingerprint density at radius 2 is 1.81 bits per heavy atom. The fraction of sp³-hybridized carbons (Fsp3) is 0.385. The molecule has 1 amide bonds. The molecule has 5 nitrogen and oxygen atoms in total. The molecular weight excluding hydrogens is 386 g/mol. The Morgan fingerprint density at radius 3 is 2.52 bits per heavy atom. The van der Waals surface area contributed by atoms with E-state index in [0.29, 0.717) is 11.8 Å². The molecule has 0 aliphatic heterocycles. The van der Waals surface area contributed by atoms with Crippen molar-refractivity contribution >= 4 is 5.91 Å². The van der Waals surface area contributed by atoms with Gasteiger partial charge in [-0.2, -0.15) is 0 Å². The number of fused-ring (bicyclic) bond motifs is 5. The predicted molar refractivity (Wildman–Crippen MR) is 122 cm³/mol. The smallest absolute Gasteiger partial charge is 0.259 e. The van der Waals surface area contributed by atoms with Gasteiger partial charge in [0.05, 0.1) is 17.1 Å². The lowest BCUT2D eigenvalue weighted by molar-refractivity contribution is -0.130. The second kappa shape index (κ2) is 7.56. The van der Waals surface area contributed by atoms with Gasteiger partial charge in [-0.3, -0.25) is 4.79 Å². The number of rotatable bonds is 5. The summed E-state index contributed by atoms with van der Waals surface area (Å²) in [6, 6.07) is 14.7. The van der Waals surface area contributed by atoms with Crippen LogP contribution in [0.25, 0.3) is 22.6 Å². The molecule has 2 heterocycles. The number of nitrogens with zero attached hydrogens (tertiary/aromatic N) is 3. The second-order valence-corrected chi connectivity index (χ2v) is 9.05. The summed E-state index contributed by atoms with van der Waals surface area (Å²) in [5.74, 6) is 1.94. The van der Waals surface area contributed by atoms with Gasteiger partial charge >= 0.3 is 0 Å². The van der Waals surface area contributed by atoms with Crippen molar-refractivity contribution in [2.75, 3.05) is 20.7 Å². The summed E-state index contributed by atoms with van der Waals surface area (Å²) in [4.78, 5) is 18.7. The summed E-state index contributed by atoms with van der Waals surface area (Å²) in [5, 5.41) is 0. The van der Waals surface area contributed by atoms with Crippen LogP contribution in [0.1, 0.15) is 47.9 Å². The second-order valence-electron chi connectivity index (χ2n) is 9.05. The number of aromatic nitrogens is 2. The van der Waals surface area contributed by atoms with E-state index in [2.05, 4.69) is 54.9 Å². The molecule has 160 valence electrons. The Labute approximate surface area is 183 Å². The molecule has 31 heavy (non-hydrogen) atoms. The van der Waals surface area contributed by atoms with Gasteiger partial charge < -0.3 is 14.2 Å². The van der Waals surface area contributed by atoms with Crippen molar-refractivity contribution in [2.45, 2.75) is 38.0 Å². The molecule has 0 N–H and O–H groups in total. The number of carbonyl (C=O) groups is 1. The summed E-state index contributed by atoms with van der Waals surface area (Å²) in [6.07, 6.45) is 3.61. The third kappa shape index (κ3) is 3.32. The van der Waals surface area contributed by atoms with E-state index in [9.17, 15) is 4.79 Å². The average molecular weight is 416 g/mol. The molecule has 2 aliphatic rings. The first-order valence-corrected chi connectivity index (χ1v) is 11.0. The molecule has 0 radical (unpaired) electrons. The maximum Gasteiger partial charge on any atom is 0.259 e. The standard InChI is InChI=1S/C26H29N3O2/c1-16-8-12-22(29(16)4)21-7-5-6-20(27-21)19-11-13-23(31-15-24(30)28(2)3)26-18-10-9-17(14-18)25(19)26/h5-8,11-13,17-18H,9-10,14-15H2,1-4H3. The van der Waals surface area contributed by atoms with Crippen molar-refractivity contribution in [1.29, 1.82) is 0 Å². The molecule has 5 heteroatoms. The van der Waals surface area contributed by atoms with E-state index in [-0.39, 0.29) is 12.5 Å². The lowest BCUT2D eigenvalue weighted by atomic mass is 9.86. The predicted octanol–water partition coefficient (Wildman–Crippen LogP) is 4.89. The molecule has 5 rings (SSSR count). The highest BCUT2D eigenvalue weighted by Gasteiger charge is 2.41. The zero-order valence-electron chi connectivity index (χ0n) is 18.7. The lowest BCUT2D eigenvalue weighted by Crippen LogP contribution is -2.27. The molecule has 0 spiro atoms. The number of pyridine rings is 1. The molecule has 2 unspecified atom stereocenters. The maximum atomic E-state index is 12.1. The van der Waals surface area contributed by atoms with Crippen LogP contribution in [0, 0.1) is 6.92 Å². The first kappa shape index (κ1) is 19.9. The SMILES string of the molecule is Cc1ccc(-c2cccc(-c3ccc(OCC(=O)N(C)C)c4c3C3CCC4C3)n2)n1C. The van der Waals surface area contributed by atoms with Crippen LogP contribution >= 0.6 is 0 Å². The summed E-state index contributed by atoms with van der Waals surface area (Å²) in [5.41, 5.74) is 8.24. The number of amides is 1. The highest BCUT2D eigenvalue weighted by molar-refractivity contribution is 5.78. The quantitative estimate of drug-likeness (QED) is 0.596.